The van der Waals surface area contributed by atoms with Crippen LogP contribution in [0, 0.1) is 0 Å². The fourth-order valence-corrected chi connectivity index (χ4v) is 9.95. The second-order valence-electron chi connectivity index (χ2n) is 13.2. The van der Waals surface area contributed by atoms with E-state index in [0.29, 0.717) is 0 Å². The van der Waals surface area contributed by atoms with Gasteiger partial charge in [0.05, 0.1) is 21.3 Å². The van der Waals surface area contributed by atoms with Crippen molar-refractivity contribution < 1.29 is 0 Å². The lowest BCUT2D eigenvalue weighted by molar-refractivity contribution is 1.18. The van der Waals surface area contributed by atoms with Gasteiger partial charge >= 0.3 is 0 Å². The molecule has 0 bridgehead atoms. The van der Waals surface area contributed by atoms with Gasteiger partial charge in [0, 0.05) is 52.9 Å². The first-order chi connectivity index (χ1) is 25.2. The van der Waals surface area contributed by atoms with Crippen LogP contribution in [-0.4, -0.2) is 9.55 Å². The van der Waals surface area contributed by atoms with E-state index in [2.05, 4.69) is 162 Å². The number of hydrogen-bond donors (Lipinski definition) is 0. The Morgan fingerprint density at radius 1 is 0.353 bits per heavy atom. The monoisotopic (exact) mass is 684 g/mol. The molecule has 4 heteroatoms. The van der Waals surface area contributed by atoms with E-state index in [9.17, 15) is 0 Å². The van der Waals surface area contributed by atoms with Crippen molar-refractivity contribution in [3.63, 3.8) is 0 Å². The Labute approximate surface area is 302 Å². The molecule has 7 aromatic carbocycles. The molecule has 0 aliphatic heterocycles. The molecule has 0 unspecified atom stereocenters. The van der Waals surface area contributed by atoms with Gasteiger partial charge < -0.3 is 4.57 Å². The zero-order chi connectivity index (χ0) is 33.5. The molecule has 0 N–H and O–H groups in total. The van der Waals surface area contributed by atoms with Crippen LogP contribution < -0.4 is 0 Å². The van der Waals surface area contributed by atoms with Crippen LogP contribution in [0.1, 0.15) is 0 Å². The first-order valence-electron chi connectivity index (χ1n) is 17.2. The van der Waals surface area contributed by atoms with Crippen molar-refractivity contribution in [2.45, 2.75) is 0 Å². The predicted molar refractivity (Wildman–Crippen MR) is 221 cm³/mol. The lowest BCUT2D eigenvalue weighted by Gasteiger charge is -2.11. The number of aromatic nitrogens is 2. The van der Waals surface area contributed by atoms with E-state index in [0.717, 1.165) is 11.2 Å². The van der Waals surface area contributed by atoms with E-state index in [1.807, 2.05) is 23.6 Å². The third kappa shape index (κ3) is 4.58. The van der Waals surface area contributed by atoms with Crippen molar-refractivity contribution in [2.24, 2.45) is 0 Å². The predicted octanol–water partition coefficient (Wildman–Crippen LogP) is 13.9. The highest BCUT2D eigenvalue weighted by Crippen LogP contribution is 2.40. The molecule has 4 heterocycles. The van der Waals surface area contributed by atoms with Crippen LogP contribution in [0.25, 0.3) is 101 Å². The summed E-state index contributed by atoms with van der Waals surface area (Å²) in [7, 11) is 0. The maximum Gasteiger partial charge on any atom is 0.0888 e. The van der Waals surface area contributed by atoms with Gasteiger partial charge in [-0.25, -0.2) is 0 Å². The van der Waals surface area contributed by atoms with E-state index < -0.39 is 0 Å². The van der Waals surface area contributed by atoms with E-state index in [-0.39, 0.29) is 0 Å². The van der Waals surface area contributed by atoms with E-state index in [1.54, 1.807) is 11.3 Å². The highest BCUT2D eigenvalue weighted by molar-refractivity contribution is 7.26. The largest absolute Gasteiger partial charge is 0.309 e. The van der Waals surface area contributed by atoms with Crippen molar-refractivity contribution in [1.82, 2.24) is 9.55 Å². The van der Waals surface area contributed by atoms with Gasteiger partial charge in [0.1, 0.15) is 0 Å². The van der Waals surface area contributed by atoms with Gasteiger partial charge in [-0.15, -0.1) is 22.7 Å². The highest BCUT2D eigenvalue weighted by Gasteiger charge is 2.15. The minimum absolute atomic E-state index is 1.08. The second-order valence-corrected chi connectivity index (χ2v) is 15.4. The summed E-state index contributed by atoms with van der Waals surface area (Å²) in [5.74, 6) is 0. The fraction of sp³-hybridized carbons (Fsp3) is 0. The molecule has 2 nitrogen and oxygen atoms in total. The summed E-state index contributed by atoms with van der Waals surface area (Å²) in [5, 5.41) is 6.38. The van der Waals surface area contributed by atoms with Gasteiger partial charge in [0.2, 0.25) is 0 Å². The van der Waals surface area contributed by atoms with Crippen molar-refractivity contribution in [1.29, 1.82) is 0 Å². The van der Waals surface area contributed by atoms with Crippen molar-refractivity contribution in [3.05, 3.63) is 170 Å². The third-order valence-electron chi connectivity index (χ3n) is 10.2. The molecular weight excluding hydrogens is 657 g/mol. The molecule has 11 aromatic rings. The van der Waals surface area contributed by atoms with E-state index in [1.165, 1.54) is 90.1 Å². The summed E-state index contributed by atoms with van der Waals surface area (Å²) in [6, 6.07) is 60.2. The molecule has 0 spiro atoms. The molecule has 0 saturated heterocycles. The molecule has 0 aliphatic rings. The minimum atomic E-state index is 1.08. The van der Waals surface area contributed by atoms with Crippen molar-refractivity contribution >= 4 is 85.0 Å². The SMILES string of the molecule is c1cc(-c2ccc3sc4ccccc4c3c2)cc(-c2ccc3c(c2)c2ccccc2n3-c2cccc(-c3ccc4sc5cccnc5c4c3)c2)c1. The Morgan fingerprint density at radius 2 is 0.922 bits per heavy atom. The number of thiophene rings is 2. The molecule has 238 valence electrons. The molecular formula is C47H28N2S2. The normalized spacial score (nSPS) is 11.9. The smallest absolute Gasteiger partial charge is 0.0888 e. The average Bonchev–Trinajstić information content (AvgIpc) is 3.87. The van der Waals surface area contributed by atoms with Crippen LogP contribution in [0.5, 0.6) is 0 Å². The van der Waals surface area contributed by atoms with Gasteiger partial charge in [-0.05, 0) is 112 Å². The molecule has 0 aliphatic carbocycles. The molecule has 51 heavy (non-hydrogen) atoms. The Kier molecular flexibility index (Phi) is 6.32. The van der Waals surface area contributed by atoms with Gasteiger partial charge in [-0.2, -0.15) is 0 Å². The zero-order valence-electron chi connectivity index (χ0n) is 27.4. The molecule has 4 aromatic heterocycles. The number of benzene rings is 7. The molecule has 11 rings (SSSR count). The second kappa shape index (κ2) is 11.2. The fourth-order valence-electron chi connectivity index (χ4n) is 7.82. The first-order valence-corrected chi connectivity index (χ1v) is 18.8. The summed E-state index contributed by atoms with van der Waals surface area (Å²) in [5.41, 5.74) is 11.9. The Morgan fingerprint density at radius 3 is 1.76 bits per heavy atom. The van der Waals surface area contributed by atoms with E-state index in [4.69, 9.17) is 4.98 Å². The van der Waals surface area contributed by atoms with Crippen LogP contribution in [0.3, 0.4) is 0 Å². The minimum Gasteiger partial charge on any atom is -0.309 e. The van der Waals surface area contributed by atoms with Crippen LogP contribution in [0.15, 0.2) is 170 Å². The molecule has 0 amide bonds. The van der Waals surface area contributed by atoms with Crippen molar-refractivity contribution in [3.8, 4) is 39.1 Å². The highest BCUT2D eigenvalue weighted by atomic mass is 32.1. The maximum atomic E-state index is 4.71. The molecule has 0 atom stereocenters. The van der Waals surface area contributed by atoms with Crippen LogP contribution in [0.4, 0.5) is 0 Å². The summed E-state index contributed by atoms with van der Waals surface area (Å²) in [4.78, 5) is 4.71. The zero-order valence-corrected chi connectivity index (χ0v) is 29.0. The lowest BCUT2D eigenvalue weighted by Crippen LogP contribution is -1.94. The van der Waals surface area contributed by atoms with Crippen LogP contribution in [0.2, 0.25) is 0 Å². The standard InChI is InChI=1S/C47H28N2S2/c1-3-14-41-36(12-1)38-26-32(29-8-5-9-30(24-29)33-18-21-44-39(27-33)37-13-2-4-15-43(37)50-44)17-20-42(38)49(41)35-11-6-10-31(25-35)34-19-22-45-40(28-34)47-46(51-45)16-7-23-48-47/h1-28H. The third-order valence-corrected chi connectivity index (χ3v) is 12.5. The van der Waals surface area contributed by atoms with Gasteiger partial charge in [-0.3, -0.25) is 4.98 Å². The average molecular weight is 685 g/mol. The first kappa shape index (κ1) is 28.7. The summed E-state index contributed by atoms with van der Waals surface area (Å²) < 4.78 is 7.57. The number of para-hydroxylation sites is 1. The number of fused-ring (bicyclic) bond motifs is 9. The quantitative estimate of drug-likeness (QED) is 0.180. The number of hydrogen-bond acceptors (Lipinski definition) is 3. The maximum absolute atomic E-state index is 4.71. The van der Waals surface area contributed by atoms with Gasteiger partial charge in [0.15, 0.2) is 0 Å². The van der Waals surface area contributed by atoms with Gasteiger partial charge in [0.25, 0.3) is 0 Å². The lowest BCUT2D eigenvalue weighted by atomic mass is 9.97. The summed E-state index contributed by atoms with van der Waals surface area (Å²) in [6.45, 7) is 0. The number of nitrogens with zero attached hydrogens (tertiary/aromatic N) is 2. The topological polar surface area (TPSA) is 17.8 Å². The van der Waals surface area contributed by atoms with Crippen LogP contribution in [-0.2, 0) is 0 Å². The van der Waals surface area contributed by atoms with Crippen molar-refractivity contribution in [2.75, 3.05) is 0 Å². The van der Waals surface area contributed by atoms with E-state index >= 15 is 0 Å². The molecule has 0 saturated carbocycles. The summed E-state index contributed by atoms with van der Waals surface area (Å²) in [6.07, 6.45) is 1.89. The van der Waals surface area contributed by atoms with Crippen LogP contribution >= 0.6 is 22.7 Å². The Bertz CT molecular complexity index is 3160. The molecule has 0 fully saturated rings. The Hall–Kier alpha value is -6.07. The summed E-state index contributed by atoms with van der Waals surface area (Å²) >= 11 is 3.67. The number of rotatable bonds is 4. The number of pyridine rings is 1. The Balaban J connectivity index is 1.01. The molecule has 0 radical (unpaired) electrons. The van der Waals surface area contributed by atoms with Gasteiger partial charge in [-0.1, -0.05) is 84.9 Å².